The predicted molar refractivity (Wildman–Crippen MR) is 157 cm³/mol. The number of alkyl halides is 3. The van der Waals surface area contributed by atoms with Crippen molar-refractivity contribution in [3.05, 3.63) is 76.7 Å². The highest BCUT2D eigenvalue weighted by Crippen LogP contribution is 2.43. The molecule has 10 nitrogen and oxygen atoms in total. The van der Waals surface area contributed by atoms with E-state index in [9.17, 15) is 40.7 Å². The summed E-state index contributed by atoms with van der Waals surface area (Å²) in [5, 5.41) is 11.2. The number of pyridine rings is 1. The molecule has 0 radical (unpaired) electrons. The molecule has 0 spiro atoms. The maximum Gasteiger partial charge on any atom is 0.422 e. The molecule has 0 saturated carbocycles. The van der Waals surface area contributed by atoms with E-state index in [0.717, 1.165) is 18.4 Å². The molecule has 0 fully saturated rings. The fraction of sp³-hybridized carbons (Fsp3) is 0.367. The number of aryl methyl sites for hydroxylation is 1. The van der Waals surface area contributed by atoms with Crippen molar-refractivity contribution < 1.29 is 50.1 Å². The fourth-order valence-electron chi connectivity index (χ4n) is 4.26. The number of hydrogen-bond acceptors (Lipinski definition) is 9. The van der Waals surface area contributed by atoms with Gasteiger partial charge in [-0.25, -0.2) is 17.8 Å². The first-order valence-electron chi connectivity index (χ1n) is 13.4. The summed E-state index contributed by atoms with van der Waals surface area (Å²) in [5.74, 6) is -2.38. The number of aliphatic hydroxyl groups is 1. The zero-order valence-corrected chi connectivity index (χ0v) is 25.9. The van der Waals surface area contributed by atoms with E-state index in [-0.39, 0.29) is 33.9 Å². The van der Waals surface area contributed by atoms with Gasteiger partial charge in [-0.3, -0.25) is 14.3 Å². The van der Waals surface area contributed by atoms with Crippen LogP contribution in [0.15, 0.2) is 48.5 Å². The molecule has 2 aromatic carbocycles. The first-order chi connectivity index (χ1) is 20.6. The summed E-state index contributed by atoms with van der Waals surface area (Å²) in [6.45, 7) is 3.89. The zero-order chi connectivity index (χ0) is 34.0. The second-order valence-corrected chi connectivity index (χ2v) is 12.8. The average molecular weight is 656 g/mol. The summed E-state index contributed by atoms with van der Waals surface area (Å²) in [4.78, 5) is 28.9. The lowest BCUT2D eigenvalue weighted by Gasteiger charge is -2.32. The van der Waals surface area contributed by atoms with E-state index in [2.05, 4.69) is 4.98 Å². The second-order valence-electron chi connectivity index (χ2n) is 11.0. The molecule has 0 aliphatic carbocycles. The quantitative estimate of drug-likeness (QED) is 0.192. The fourth-order valence-corrected chi connectivity index (χ4v) is 4.73. The van der Waals surface area contributed by atoms with Crippen LogP contribution in [0.5, 0.6) is 11.5 Å². The van der Waals surface area contributed by atoms with E-state index in [1.54, 1.807) is 18.6 Å². The lowest BCUT2D eigenvalue weighted by molar-refractivity contribution is -0.270. The molecule has 0 aliphatic rings. The third-order valence-corrected chi connectivity index (χ3v) is 7.37. The van der Waals surface area contributed by atoms with E-state index in [0.29, 0.717) is 5.56 Å². The number of ketones is 1. The summed E-state index contributed by atoms with van der Waals surface area (Å²) in [6, 6.07) is 10.00. The van der Waals surface area contributed by atoms with Gasteiger partial charge in [-0.1, -0.05) is 0 Å². The van der Waals surface area contributed by atoms with Crippen LogP contribution in [-0.4, -0.2) is 56.3 Å². The number of methoxy groups -OCH3 is 1. The van der Waals surface area contributed by atoms with Gasteiger partial charge in [0.15, 0.2) is 23.9 Å². The van der Waals surface area contributed by atoms with Crippen molar-refractivity contribution >= 4 is 21.7 Å². The van der Waals surface area contributed by atoms with Crippen LogP contribution < -0.4 is 19.9 Å². The average Bonchev–Trinajstić information content (AvgIpc) is 2.93. The van der Waals surface area contributed by atoms with Crippen molar-refractivity contribution in [3.63, 3.8) is 0 Å². The number of carbonyl (C=O) groups is 2. The number of carbonyl (C=O) groups excluding carboxylic acids is 2. The number of hydrogen-bond donors (Lipinski definition) is 3. The highest BCUT2D eigenvalue weighted by molar-refractivity contribution is 7.89. The molecule has 4 N–H and O–H groups in total. The smallest absolute Gasteiger partial charge is 0.422 e. The highest BCUT2D eigenvalue weighted by atomic mass is 32.2. The topological polar surface area (TPSA) is 158 Å². The summed E-state index contributed by atoms with van der Waals surface area (Å²) < 4.78 is 92.1. The van der Waals surface area contributed by atoms with Gasteiger partial charge in [-0.05, 0) is 86.8 Å². The number of halogens is 4. The molecular weight excluding hydrogens is 622 g/mol. The van der Waals surface area contributed by atoms with Crippen LogP contribution in [0.3, 0.4) is 0 Å². The van der Waals surface area contributed by atoms with Crippen molar-refractivity contribution in [2.45, 2.75) is 50.9 Å². The minimum Gasteiger partial charge on any atom is -0.493 e. The van der Waals surface area contributed by atoms with Gasteiger partial charge in [0.25, 0.3) is 5.91 Å². The Morgan fingerprint density at radius 1 is 1.04 bits per heavy atom. The summed E-state index contributed by atoms with van der Waals surface area (Å²) in [5.41, 5.74) is 1.36. The van der Waals surface area contributed by atoms with E-state index >= 15 is 0 Å². The van der Waals surface area contributed by atoms with E-state index in [4.69, 9.17) is 15.2 Å². The van der Waals surface area contributed by atoms with Crippen molar-refractivity contribution in [1.82, 2.24) is 9.71 Å². The van der Waals surface area contributed by atoms with Crippen molar-refractivity contribution in [1.29, 1.82) is 0 Å². The van der Waals surface area contributed by atoms with Gasteiger partial charge in [-0.15, -0.1) is 0 Å². The number of nitrogens with two attached hydrogens (primary N) is 1. The van der Waals surface area contributed by atoms with Gasteiger partial charge < -0.3 is 20.3 Å². The summed E-state index contributed by atoms with van der Waals surface area (Å²) >= 11 is 0. The normalized spacial score (nSPS) is 13.6. The van der Waals surface area contributed by atoms with Crippen LogP contribution in [0.1, 0.15) is 53.9 Å². The number of Topliss-reactive ketones (excluding diaryl/α,β-unsaturated/α-hetero) is 1. The molecule has 0 saturated heterocycles. The Balaban J connectivity index is 1.93. The molecule has 1 aromatic heterocycles. The predicted octanol–water partition coefficient (Wildman–Crippen LogP) is 4.27. The summed E-state index contributed by atoms with van der Waals surface area (Å²) in [7, 11) is -2.61. The van der Waals surface area contributed by atoms with Crippen LogP contribution in [0.2, 0.25) is 0 Å². The number of benzene rings is 2. The number of nitrogens with zero attached hydrogens (tertiary/aromatic N) is 1. The lowest BCUT2D eigenvalue weighted by Crippen LogP contribution is -2.44. The van der Waals surface area contributed by atoms with Gasteiger partial charge in [-0.2, -0.15) is 13.2 Å². The number of ether oxygens (including phenoxy) is 2. The Labute approximate surface area is 257 Å². The van der Waals surface area contributed by atoms with E-state index in [1.807, 2.05) is 0 Å². The Hall–Kier alpha value is -4.08. The summed E-state index contributed by atoms with van der Waals surface area (Å²) in [6.07, 6.45) is -6.37. The second kappa shape index (κ2) is 13.1. The van der Waals surface area contributed by atoms with Crippen molar-refractivity contribution in [2.24, 2.45) is 5.73 Å². The molecule has 1 heterocycles. The molecule has 3 aromatic rings. The number of aromatic nitrogens is 1. The molecule has 0 bridgehead atoms. The molecular formula is C30H33F4N3O7S. The zero-order valence-electron chi connectivity index (χ0n) is 25.1. The van der Waals surface area contributed by atoms with E-state index in [1.165, 1.54) is 50.4 Å². The highest BCUT2D eigenvalue weighted by Gasteiger charge is 2.56. The molecule has 45 heavy (non-hydrogen) atoms. The van der Waals surface area contributed by atoms with Crippen LogP contribution in [-0.2, 0) is 26.0 Å². The Morgan fingerprint density at radius 2 is 1.71 bits per heavy atom. The first-order valence-corrected chi connectivity index (χ1v) is 15.3. The van der Waals surface area contributed by atoms with Gasteiger partial charge in [0, 0.05) is 23.1 Å². The number of nitrogens with one attached hydrogen (secondary N) is 1. The number of amides is 1. The molecule has 0 aliphatic heterocycles. The molecule has 1 atom stereocenters. The standard InChI is InChI=1S/C30H33F4N3O7S/c1-17-12-18(6-8-21(17)31)22-14-20(28(2,3)35)15-26(36-22)29(40,30(32,33)34)11-10-23(38)19-7-9-24(25(13-19)43-4)44-16-27(39)37-45(5,41)42/h6-9,12-15,40H,10-11,16,35H2,1-5H3,(H,37,39). The minimum atomic E-state index is -5.27. The molecule has 1 unspecified atom stereocenters. The monoisotopic (exact) mass is 655 g/mol. The van der Waals surface area contributed by atoms with Gasteiger partial charge >= 0.3 is 6.18 Å². The maximum absolute atomic E-state index is 14.6. The Bertz CT molecular complexity index is 1710. The minimum absolute atomic E-state index is 0.0173. The lowest BCUT2D eigenvalue weighted by atomic mass is 9.86. The largest absolute Gasteiger partial charge is 0.493 e. The Morgan fingerprint density at radius 3 is 2.27 bits per heavy atom. The van der Waals surface area contributed by atoms with E-state index < -0.39 is 70.0 Å². The molecule has 15 heteroatoms. The van der Waals surface area contributed by atoms with Gasteiger partial charge in [0.05, 0.1) is 24.8 Å². The van der Waals surface area contributed by atoms with Crippen LogP contribution in [0.4, 0.5) is 17.6 Å². The maximum atomic E-state index is 14.6. The number of sulfonamides is 1. The van der Waals surface area contributed by atoms with Crippen molar-refractivity contribution in [3.8, 4) is 22.8 Å². The third-order valence-electron chi connectivity index (χ3n) is 6.77. The third kappa shape index (κ3) is 8.77. The van der Waals surface area contributed by atoms with Gasteiger partial charge in [0.1, 0.15) is 5.82 Å². The Kier molecular flexibility index (Phi) is 10.3. The van der Waals surface area contributed by atoms with Crippen LogP contribution in [0, 0.1) is 12.7 Å². The van der Waals surface area contributed by atoms with Gasteiger partial charge in [0.2, 0.25) is 15.6 Å². The van der Waals surface area contributed by atoms with Crippen molar-refractivity contribution in [2.75, 3.05) is 20.0 Å². The van der Waals surface area contributed by atoms with Crippen LogP contribution >= 0.6 is 0 Å². The number of rotatable bonds is 12. The van der Waals surface area contributed by atoms with Crippen LogP contribution in [0.25, 0.3) is 11.3 Å². The molecule has 3 rings (SSSR count). The first kappa shape index (κ1) is 35.4. The molecule has 1 amide bonds. The molecule has 244 valence electrons. The SMILES string of the molecule is COc1cc(C(=O)CCC(O)(c2cc(C(C)(C)N)cc(-c3ccc(F)c(C)c3)n2)C(F)(F)F)ccc1OCC(=O)NS(C)(=O)=O.